The zero-order chi connectivity index (χ0) is 21.8. The van der Waals surface area contributed by atoms with Gasteiger partial charge in [-0.25, -0.2) is 8.42 Å². The molecule has 0 heterocycles. The highest BCUT2D eigenvalue weighted by atomic mass is 32.2. The molecular weight excluding hydrogens is 413 g/mol. The third-order valence-electron chi connectivity index (χ3n) is 4.07. The minimum Gasteiger partial charge on any atom is -0.494 e. The van der Waals surface area contributed by atoms with Crippen LogP contribution in [0.3, 0.4) is 0 Å². The molecule has 0 saturated carbocycles. The van der Waals surface area contributed by atoms with Crippen LogP contribution in [0.15, 0.2) is 47.4 Å². The average Bonchev–Trinajstić information content (AvgIpc) is 2.63. The summed E-state index contributed by atoms with van der Waals surface area (Å²) < 4.78 is 68.1. The lowest BCUT2D eigenvalue weighted by Gasteiger charge is -2.23. The number of ether oxygens (including phenoxy) is 1. The lowest BCUT2D eigenvalue weighted by atomic mass is 10.1. The molecule has 0 aromatic heterocycles. The van der Waals surface area contributed by atoms with Gasteiger partial charge in [-0.05, 0) is 36.8 Å². The SMILES string of the molecule is CN(CCCOc1ccc(S(C)(=O)=O)cc1)c1ccc([N+](=O)[O-])cc1C(F)(F)F. The predicted molar refractivity (Wildman–Crippen MR) is 101 cm³/mol. The van der Waals surface area contributed by atoms with E-state index in [1.807, 2.05) is 0 Å². The topological polar surface area (TPSA) is 89.8 Å². The highest BCUT2D eigenvalue weighted by molar-refractivity contribution is 7.90. The second-order valence-corrected chi connectivity index (χ2v) is 8.34. The number of halogens is 3. The minimum atomic E-state index is -4.73. The number of non-ortho nitro benzene ring substituents is 1. The maximum atomic E-state index is 13.3. The van der Waals surface area contributed by atoms with E-state index in [-0.39, 0.29) is 23.7 Å². The molecule has 2 aromatic carbocycles. The number of nitrogens with zero attached hydrogens (tertiary/aromatic N) is 2. The molecule has 7 nitrogen and oxygen atoms in total. The van der Waals surface area contributed by atoms with Crippen molar-refractivity contribution >= 4 is 21.2 Å². The van der Waals surface area contributed by atoms with E-state index in [0.29, 0.717) is 18.2 Å². The number of nitro groups is 1. The third kappa shape index (κ3) is 6.08. The van der Waals surface area contributed by atoms with Crippen LogP contribution in [0.25, 0.3) is 0 Å². The van der Waals surface area contributed by atoms with Crippen molar-refractivity contribution in [1.29, 1.82) is 0 Å². The van der Waals surface area contributed by atoms with Gasteiger partial charge in [0.05, 0.1) is 22.0 Å². The lowest BCUT2D eigenvalue weighted by Crippen LogP contribution is -2.23. The first-order chi connectivity index (χ1) is 13.4. The number of benzene rings is 2. The largest absolute Gasteiger partial charge is 0.494 e. The normalized spacial score (nSPS) is 11.9. The smallest absolute Gasteiger partial charge is 0.418 e. The van der Waals surface area contributed by atoms with Crippen LogP contribution < -0.4 is 9.64 Å². The lowest BCUT2D eigenvalue weighted by molar-refractivity contribution is -0.385. The summed E-state index contributed by atoms with van der Waals surface area (Å²) in [5, 5.41) is 10.8. The third-order valence-corrected chi connectivity index (χ3v) is 5.19. The monoisotopic (exact) mass is 432 g/mol. The van der Waals surface area contributed by atoms with Gasteiger partial charge in [0.15, 0.2) is 9.84 Å². The summed E-state index contributed by atoms with van der Waals surface area (Å²) in [6.07, 6.45) is -3.27. The van der Waals surface area contributed by atoms with Gasteiger partial charge in [-0.3, -0.25) is 10.1 Å². The first-order valence-corrected chi connectivity index (χ1v) is 10.3. The van der Waals surface area contributed by atoms with Crippen LogP contribution in [0.1, 0.15) is 12.0 Å². The fraction of sp³-hybridized carbons (Fsp3) is 0.333. The maximum absolute atomic E-state index is 13.3. The second-order valence-electron chi connectivity index (χ2n) is 6.32. The Labute approximate surface area is 165 Å². The highest BCUT2D eigenvalue weighted by Gasteiger charge is 2.36. The summed E-state index contributed by atoms with van der Waals surface area (Å²) in [4.78, 5) is 11.4. The first kappa shape index (κ1) is 22.5. The van der Waals surface area contributed by atoms with Crippen LogP contribution in [-0.4, -0.2) is 39.8 Å². The summed E-state index contributed by atoms with van der Waals surface area (Å²) >= 11 is 0. The van der Waals surface area contributed by atoms with Crippen molar-refractivity contribution in [3.05, 3.63) is 58.1 Å². The number of sulfone groups is 1. The summed E-state index contributed by atoms with van der Waals surface area (Å²) in [7, 11) is -1.85. The number of nitro benzene ring substituents is 1. The van der Waals surface area contributed by atoms with Crippen molar-refractivity contribution in [1.82, 2.24) is 0 Å². The molecular formula is C18H19F3N2O5S. The van der Waals surface area contributed by atoms with E-state index in [9.17, 15) is 31.7 Å². The van der Waals surface area contributed by atoms with E-state index >= 15 is 0 Å². The van der Waals surface area contributed by atoms with Gasteiger partial charge in [0.25, 0.3) is 5.69 Å². The zero-order valence-corrected chi connectivity index (χ0v) is 16.5. The predicted octanol–water partition coefficient (Wildman–Crippen LogP) is 3.92. The molecule has 0 spiro atoms. The molecule has 0 amide bonds. The van der Waals surface area contributed by atoms with Crippen molar-refractivity contribution < 1.29 is 31.2 Å². The Hall–Kier alpha value is -2.82. The Kier molecular flexibility index (Phi) is 6.73. The quantitative estimate of drug-likeness (QED) is 0.357. The van der Waals surface area contributed by atoms with E-state index in [0.717, 1.165) is 18.4 Å². The summed E-state index contributed by atoms with van der Waals surface area (Å²) in [6.45, 7) is 0.402. The van der Waals surface area contributed by atoms with Gasteiger partial charge in [-0.15, -0.1) is 0 Å². The average molecular weight is 432 g/mol. The molecule has 0 radical (unpaired) electrons. The Morgan fingerprint density at radius 3 is 2.28 bits per heavy atom. The van der Waals surface area contributed by atoms with Gasteiger partial charge in [-0.2, -0.15) is 13.2 Å². The Bertz CT molecular complexity index is 976. The first-order valence-electron chi connectivity index (χ1n) is 8.39. The molecule has 0 unspecified atom stereocenters. The molecule has 0 aliphatic rings. The van der Waals surface area contributed by atoms with Gasteiger partial charge < -0.3 is 9.64 Å². The molecule has 0 bridgehead atoms. The maximum Gasteiger partial charge on any atom is 0.418 e. The van der Waals surface area contributed by atoms with Gasteiger partial charge in [-0.1, -0.05) is 0 Å². The summed E-state index contributed by atoms with van der Waals surface area (Å²) in [5.41, 5.74) is -1.87. The molecule has 0 N–H and O–H groups in total. The number of rotatable bonds is 8. The van der Waals surface area contributed by atoms with Gasteiger partial charge in [0, 0.05) is 37.7 Å². The van der Waals surface area contributed by atoms with Crippen molar-refractivity contribution in [2.75, 3.05) is 31.4 Å². The molecule has 0 fully saturated rings. The van der Waals surface area contributed by atoms with Gasteiger partial charge >= 0.3 is 6.18 Å². The molecule has 0 aliphatic carbocycles. The van der Waals surface area contributed by atoms with Crippen LogP contribution >= 0.6 is 0 Å². The molecule has 2 rings (SSSR count). The highest BCUT2D eigenvalue weighted by Crippen LogP contribution is 2.38. The van der Waals surface area contributed by atoms with Crippen LogP contribution in [-0.2, 0) is 16.0 Å². The van der Waals surface area contributed by atoms with Gasteiger partial charge in [0.1, 0.15) is 5.75 Å². The molecule has 0 aliphatic heterocycles. The standard InChI is InChI=1S/C18H19F3N2O5S/c1-22(17-9-4-13(23(24)25)12-16(17)18(19,20)21)10-3-11-28-14-5-7-15(8-6-14)29(2,26)27/h4-9,12H,3,10-11H2,1-2H3. The fourth-order valence-electron chi connectivity index (χ4n) is 2.59. The van der Waals surface area contributed by atoms with E-state index in [1.165, 1.54) is 36.2 Å². The number of hydrogen-bond donors (Lipinski definition) is 0. The van der Waals surface area contributed by atoms with Crippen molar-refractivity contribution in [2.45, 2.75) is 17.5 Å². The van der Waals surface area contributed by atoms with E-state index in [4.69, 9.17) is 4.74 Å². The van der Waals surface area contributed by atoms with E-state index in [2.05, 4.69) is 0 Å². The van der Waals surface area contributed by atoms with E-state index in [1.54, 1.807) is 0 Å². The van der Waals surface area contributed by atoms with Crippen molar-refractivity contribution in [3.8, 4) is 5.75 Å². The molecule has 29 heavy (non-hydrogen) atoms. The van der Waals surface area contributed by atoms with E-state index < -0.39 is 32.2 Å². The molecule has 2 aromatic rings. The number of alkyl halides is 3. The molecule has 0 atom stereocenters. The Balaban J connectivity index is 1.99. The summed E-state index contributed by atoms with van der Waals surface area (Å²) in [5.74, 6) is 0.436. The minimum absolute atomic E-state index is 0.155. The van der Waals surface area contributed by atoms with Crippen LogP contribution in [0.2, 0.25) is 0 Å². The van der Waals surface area contributed by atoms with Crippen molar-refractivity contribution in [3.63, 3.8) is 0 Å². The van der Waals surface area contributed by atoms with Crippen LogP contribution in [0, 0.1) is 10.1 Å². The Morgan fingerprint density at radius 2 is 1.76 bits per heavy atom. The number of anilines is 1. The molecule has 158 valence electrons. The van der Waals surface area contributed by atoms with Crippen LogP contribution in [0.4, 0.5) is 24.5 Å². The number of hydrogen-bond acceptors (Lipinski definition) is 6. The fourth-order valence-corrected chi connectivity index (χ4v) is 3.22. The van der Waals surface area contributed by atoms with Crippen LogP contribution in [0.5, 0.6) is 5.75 Å². The molecule has 0 saturated heterocycles. The second kappa shape index (κ2) is 8.68. The van der Waals surface area contributed by atoms with Gasteiger partial charge in [0.2, 0.25) is 0 Å². The van der Waals surface area contributed by atoms with Crippen molar-refractivity contribution in [2.24, 2.45) is 0 Å². The Morgan fingerprint density at radius 1 is 1.14 bits per heavy atom. The summed E-state index contributed by atoms with van der Waals surface area (Å²) in [6, 6.07) is 8.43. The molecule has 11 heteroatoms. The zero-order valence-electron chi connectivity index (χ0n) is 15.6.